The second kappa shape index (κ2) is 4.03. The Morgan fingerprint density at radius 2 is 1.94 bits per heavy atom. The van der Waals surface area contributed by atoms with Gasteiger partial charge in [0, 0.05) is 10.5 Å². The summed E-state index contributed by atoms with van der Waals surface area (Å²) < 4.78 is 6.57. The highest BCUT2D eigenvalue weighted by molar-refractivity contribution is 9.11. The number of nitrogens with two attached hydrogens (primary N) is 1. The zero-order chi connectivity index (χ0) is 11.9. The quantitative estimate of drug-likeness (QED) is 0.861. The van der Waals surface area contributed by atoms with E-state index in [0.29, 0.717) is 15.4 Å². The Labute approximate surface area is 107 Å². The van der Waals surface area contributed by atoms with E-state index in [1.54, 1.807) is 12.1 Å². The van der Waals surface area contributed by atoms with Crippen molar-refractivity contribution in [3.05, 3.63) is 43.1 Å². The van der Waals surface area contributed by atoms with Crippen molar-refractivity contribution in [2.45, 2.75) is 0 Å². The first-order valence-corrected chi connectivity index (χ1v) is 5.80. The van der Waals surface area contributed by atoms with Gasteiger partial charge in [0.05, 0.1) is 9.86 Å². The number of rotatable bonds is 1. The molecule has 1 aromatic carbocycles. The van der Waals surface area contributed by atoms with Crippen LogP contribution in [0.4, 0.5) is 0 Å². The predicted octanol–water partition coefficient (Wildman–Crippen LogP) is 2.42. The zero-order valence-corrected chi connectivity index (χ0v) is 11.0. The molecule has 0 bridgehead atoms. The summed E-state index contributed by atoms with van der Waals surface area (Å²) in [7, 11) is 0. The number of hydrogen-bond donors (Lipinski definition) is 1. The molecule has 0 saturated carbocycles. The van der Waals surface area contributed by atoms with Gasteiger partial charge in [-0.25, -0.2) is 0 Å². The van der Waals surface area contributed by atoms with Crippen molar-refractivity contribution in [1.82, 2.24) is 0 Å². The summed E-state index contributed by atoms with van der Waals surface area (Å²) in [5.41, 5.74) is 5.06. The SMILES string of the molecule is NC(=O)c1cc(=O)c2cc(Br)cc(Br)c2o1. The molecule has 82 valence electrons. The monoisotopic (exact) mass is 345 g/mol. The van der Waals surface area contributed by atoms with E-state index < -0.39 is 5.91 Å². The summed E-state index contributed by atoms with van der Waals surface area (Å²) >= 11 is 6.51. The molecule has 6 heteroatoms. The summed E-state index contributed by atoms with van der Waals surface area (Å²) in [6.07, 6.45) is 0. The van der Waals surface area contributed by atoms with Gasteiger partial charge in [0.25, 0.3) is 5.91 Å². The van der Waals surface area contributed by atoms with E-state index in [1.165, 1.54) is 0 Å². The minimum Gasteiger partial charge on any atom is -0.449 e. The molecule has 0 fully saturated rings. The second-order valence-electron chi connectivity index (χ2n) is 3.10. The second-order valence-corrected chi connectivity index (χ2v) is 4.87. The van der Waals surface area contributed by atoms with E-state index in [-0.39, 0.29) is 11.2 Å². The molecule has 0 aliphatic rings. The molecule has 0 saturated heterocycles. The molecule has 2 N–H and O–H groups in total. The molecule has 0 atom stereocenters. The van der Waals surface area contributed by atoms with Crippen LogP contribution in [0.15, 0.2) is 36.4 Å². The Bertz CT molecular complexity index is 648. The molecule has 0 unspecified atom stereocenters. The first kappa shape index (κ1) is 11.3. The van der Waals surface area contributed by atoms with Gasteiger partial charge in [0.15, 0.2) is 16.8 Å². The lowest BCUT2D eigenvalue weighted by Gasteiger charge is -2.02. The maximum Gasteiger partial charge on any atom is 0.284 e. The van der Waals surface area contributed by atoms with Crippen molar-refractivity contribution in [2.24, 2.45) is 5.73 Å². The number of amides is 1. The molecule has 4 nitrogen and oxygen atoms in total. The van der Waals surface area contributed by atoms with Crippen LogP contribution in [0, 0.1) is 0 Å². The molecular formula is C10H5Br2NO3. The number of carbonyl (C=O) groups is 1. The fourth-order valence-electron chi connectivity index (χ4n) is 1.30. The van der Waals surface area contributed by atoms with Gasteiger partial charge in [-0.1, -0.05) is 15.9 Å². The van der Waals surface area contributed by atoms with Gasteiger partial charge in [-0.05, 0) is 28.1 Å². The maximum absolute atomic E-state index is 11.7. The zero-order valence-electron chi connectivity index (χ0n) is 7.79. The summed E-state index contributed by atoms with van der Waals surface area (Å²) in [6.45, 7) is 0. The number of hydrogen-bond acceptors (Lipinski definition) is 3. The molecule has 2 rings (SSSR count). The first-order chi connectivity index (χ1) is 7.49. The average Bonchev–Trinajstić information content (AvgIpc) is 2.19. The summed E-state index contributed by atoms with van der Waals surface area (Å²) in [5.74, 6) is -0.922. The van der Waals surface area contributed by atoms with Crippen LogP contribution in [0.1, 0.15) is 10.6 Å². The number of benzene rings is 1. The number of primary amides is 1. The van der Waals surface area contributed by atoms with Crippen LogP contribution in [0.2, 0.25) is 0 Å². The third-order valence-electron chi connectivity index (χ3n) is 1.99. The Morgan fingerprint density at radius 3 is 2.56 bits per heavy atom. The van der Waals surface area contributed by atoms with E-state index in [4.69, 9.17) is 10.2 Å². The van der Waals surface area contributed by atoms with Crippen LogP contribution >= 0.6 is 31.9 Å². The fourth-order valence-corrected chi connectivity index (χ4v) is 2.61. The topological polar surface area (TPSA) is 73.3 Å². The fraction of sp³-hybridized carbons (Fsp3) is 0. The Kier molecular flexibility index (Phi) is 2.86. The average molecular weight is 347 g/mol. The van der Waals surface area contributed by atoms with Gasteiger partial charge in [-0.15, -0.1) is 0 Å². The van der Waals surface area contributed by atoms with Crippen LogP contribution in [0.5, 0.6) is 0 Å². The minimum absolute atomic E-state index is 0.152. The molecule has 1 amide bonds. The van der Waals surface area contributed by atoms with E-state index in [1.807, 2.05) is 0 Å². The molecule has 0 spiro atoms. The number of halogens is 2. The Hall–Kier alpha value is -1.14. The largest absolute Gasteiger partial charge is 0.449 e. The van der Waals surface area contributed by atoms with Gasteiger partial charge < -0.3 is 10.2 Å². The highest BCUT2D eigenvalue weighted by atomic mass is 79.9. The van der Waals surface area contributed by atoms with Gasteiger partial charge in [-0.3, -0.25) is 9.59 Å². The van der Waals surface area contributed by atoms with Crippen molar-refractivity contribution in [3.8, 4) is 0 Å². The number of fused-ring (bicyclic) bond motifs is 1. The van der Waals surface area contributed by atoms with Crippen LogP contribution in [-0.4, -0.2) is 5.91 Å². The van der Waals surface area contributed by atoms with E-state index >= 15 is 0 Å². The minimum atomic E-state index is -0.770. The highest BCUT2D eigenvalue weighted by Crippen LogP contribution is 2.27. The van der Waals surface area contributed by atoms with Gasteiger partial charge in [-0.2, -0.15) is 0 Å². The Balaban J connectivity index is 2.93. The van der Waals surface area contributed by atoms with Crippen molar-refractivity contribution >= 4 is 48.7 Å². The maximum atomic E-state index is 11.7. The molecule has 0 aliphatic carbocycles. The smallest absolute Gasteiger partial charge is 0.284 e. The van der Waals surface area contributed by atoms with Gasteiger partial charge in [0.1, 0.15) is 0 Å². The summed E-state index contributed by atoms with van der Waals surface area (Å²) in [6, 6.07) is 4.43. The lowest BCUT2D eigenvalue weighted by atomic mass is 10.2. The van der Waals surface area contributed by atoms with Gasteiger partial charge in [0.2, 0.25) is 0 Å². The van der Waals surface area contributed by atoms with Crippen LogP contribution in [0.25, 0.3) is 11.0 Å². The van der Waals surface area contributed by atoms with Crippen molar-refractivity contribution in [3.63, 3.8) is 0 Å². The molecule has 16 heavy (non-hydrogen) atoms. The predicted molar refractivity (Wildman–Crippen MR) is 66.4 cm³/mol. The molecular weight excluding hydrogens is 342 g/mol. The van der Waals surface area contributed by atoms with Crippen molar-refractivity contribution in [2.75, 3.05) is 0 Å². The molecule has 2 aromatic rings. The van der Waals surface area contributed by atoms with Crippen molar-refractivity contribution < 1.29 is 9.21 Å². The molecule has 0 radical (unpaired) electrons. The van der Waals surface area contributed by atoms with E-state index in [9.17, 15) is 9.59 Å². The standard InChI is InChI=1S/C10H5Br2NO3/c11-4-1-5-7(14)3-8(10(13)15)16-9(5)6(12)2-4/h1-3H,(H2,13,15). The first-order valence-electron chi connectivity index (χ1n) is 4.22. The van der Waals surface area contributed by atoms with E-state index in [0.717, 1.165) is 10.5 Å². The van der Waals surface area contributed by atoms with Crippen molar-refractivity contribution in [1.29, 1.82) is 0 Å². The van der Waals surface area contributed by atoms with Crippen LogP contribution in [-0.2, 0) is 0 Å². The lowest BCUT2D eigenvalue weighted by molar-refractivity contribution is 0.0974. The highest BCUT2D eigenvalue weighted by Gasteiger charge is 2.11. The third-order valence-corrected chi connectivity index (χ3v) is 3.04. The summed E-state index contributed by atoms with van der Waals surface area (Å²) in [4.78, 5) is 22.6. The molecule has 0 aliphatic heterocycles. The lowest BCUT2D eigenvalue weighted by Crippen LogP contribution is -2.14. The Morgan fingerprint density at radius 1 is 1.25 bits per heavy atom. The van der Waals surface area contributed by atoms with Crippen LogP contribution < -0.4 is 11.2 Å². The van der Waals surface area contributed by atoms with E-state index in [2.05, 4.69) is 31.9 Å². The van der Waals surface area contributed by atoms with Gasteiger partial charge >= 0.3 is 0 Å². The van der Waals surface area contributed by atoms with Crippen LogP contribution in [0.3, 0.4) is 0 Å². The molecule has 1 aromatic heterocycles. The normalized spacial score (nSPS) is 10.6. The third kappa shape index (κ3) is 1.90. The summed E-state index contributed by atoms with van der Waals surface area (Å²) in [5, 5.41) is 0.381. The molecule has 1 heterocycles. The number of carbonyl (C=O) groups excluding carboxylic acids is 1.